The van der Waals surface area contributed by atoms with Gasteiger partial charge in [0.25, 0.3) is 0 Å². The van der Waals surface area contributed by atoms with Gasteiger partial charge in [-0.3, -0.25) is 0 Å². The molecule has 1 aromatic carbocycles. The van der Waals surface area contributed by atoms with E-state index in [1.165, 1.54) is 24.3 Å². The van der Waals surface area contributed by atoms with Crippen LogP contribution >= 0.6 is 0 Å². The molecule has 1 unspecified atom stereocenters. The number of ether oxygens (including phenoxy) is 1. The summed E-state index contributed by atoms with van der Waals surface area (Å²) in [6.07, 6.45) is 1.61. The Morgan fingerprint density at radius 2 is 2.00 bits per heavy atom. The van der Waals surface area contributed by atoms with Gasteiger partial charge in [-0.1, -0.05) is 0 Å². The van der Waals surface area contributed by atoms with Gasteiger partial charge in [-0.2, -0.15) is 0 Å². The third kappa shape index (κ3) is 4.46. The third-order valence-electron chi connectivity index (χ3n) is 1.99. The number of aldehydes is 1. The first kappa shape index (κ1) is 13.5. The van der Waals surface area contributed by atoms with E-state index in [9.17, 15) is 13.8 Å². The van der Waals surface area contributed by atoms with Gasteiger partial charge in [0, 0.05) is 6.42 Å². The molecule has 1 atom stereocenters. The molecule has 0 aliphatic heterocycles. The molecular formula is C11H12O5S. The minimum absolute atomic E-state index is 0.186. The summed E-state index contributed by atoms with van der Waals surface area (Å²) in [5.74, 6) is -0.508. The van der Waals surface area contributed by atoms with E-state index >= 15 is 0 Å². The lowest BCUT2D eigenvalue weighted by atomic mass is 10.2. The van der Waals surface area contributed by atoms with Crippen molar-refractivity contribution in [2.24, 2.45) is 0 Å². The Morgan fingerprint density at radius 1 is 1.35 bits per heavy atom. The maximum atomic E-state index is 11.4. The summed E-state index contributed by atoms with van der Waals surface area (Å²) >= 11 is -2.05. The zero-order chi connectivity index (χ0) is 12.7. The second kappa shape index (κ2) is 6.93. The fraction of sp³-hybridized carbons (Fsp3) is 0.273. The molecule has 0 spiro atoms. The topological polar surface area (TPSA) is 80.7 Å². The molecular weight excluding hydrogens is 244 g/mol. The van der Waals surface area contributed by atoms with E-state index in [2.05, 4.69) is 0 Å². The second-order valence-corrected chi connectivity index (χ2v) is 4.19. The fourth-order valence-electron chi connectivity index (χ4n) is 1.12. The standard InChI is InChI=1S/C11H12O5S/c12-7-1-2-8-16-11(13)9-3-5-10(6-4-9)17(14)15/h3-7H,1-2,8H2,(H,14,15). The van der Waals surface area contributed by atoms with Gasteiger partial charge in [0.15, 0.2) is 11.1 Å². The first-order chi connectivity index (χ1) is 8.15. The zero-order valence-corrected chi connectivity index (χ0v) is 9.81. The second-order valence-electron chi connectivity index (χ2n) is 3.22. The smallest absolute Gasteiger partial charge is 0.338 e. The molecule has 0 fully saturated rings. The number of esters is 1. The Labute approximate surface area is 101 Å². The first-order valence-electron chi connectivity index (χ1n) is 4.97. The monoisotopic (exact) mass is 256 g/mol. The lowest BCUT2D eigenvalue weighted by Gasteiger charge is -2.03. The molecule has 0 heterocycles. The van der Waals surface area contributed by atoms with Crippen LogP contribution in [0.4, 0.5) is 0 Å². The minimum atomic E-state index is -2.05. The van der Waals surface area contributed by atoms with Crippen molar-refractivity contribution in [3.05, 3.63) is 29.8 Å². The lowest BCUT2D eigenvalue weighted by Crippen LogP contribution is -2.06. The van der Waals surface area contributed by atoms with E-state index in [-0.39, 0.29) is 11.5 Å². The Morgan fingerprint density at radius 3 is 2.53 bits per heavy atom. The molecule has 0 aliphatic rings. The van der Waals surface area contributed by atoms with Gasteiger partial charge >= 0.3 is 5.97 Å². The molecule has 0 radical (unpaired) electrons. The summed E-state index contributed by atoms with van der Waals surface area (Å²) in [5, 5.41) is 0. The molecule has 0 bridgehead atoms. The van der Waals surface area contributed by atoms with Crippen LogP contribution < -0.4 is 0 Å². The number of rotatable bonds is 6. The number of benzene rings is 1. The third-order valence-corrected chi connectivity index (χ3v) is 2.67. The Hall–Kier alpha value is -1.53. The number of hydrogen-bond donors (Lipinski definition) is 1. The molecule has 1 rings (SSSR count). The van der Waals surface area contributed by atoms with Gasteiger partial charge in [-0.15, -0.1) is 0 Å². The number of carbonyl (C=O) groups excluding carboxylic acids is 2. The predicted molar refractivity (Wildman–Crippen MR) is 61.1 cm³/mol. The van der Waals surface area contributed by atoms with E-state index in [4.69, 9.17) is 9.29 Å². The van der Waals surface area contributed by atoms with Crippen molar-refractivity contribution in [3.63, 3.8) is 0 Å². The van der Waals surface area contributed by atoms with Crippen LogP contribution in [0.1, 0.15) is 23.2 Å². The molecule has 1 aromatic rings. The number of carbonyl (C=O) groups is 2. The normalized spacial score (nSPS) is 11.8. The maximum absolute atomic E-state index is 11.4. The highest BCUT2D eigenvalue weighted by Gasteiger charge is 2.07. The van der Waals surface area contributed by atoms with E-state index < -0.39 is 17.0 Å². The summed E-state index contributed by atoms with van der Waals surface area (Å²) in [6.45, 7) is 0.186. The highest BCUT2D eigenvalue weighted by atomic mass is 32.2. The Kier molecular flexibility index (Phi) is 5.51. The van der Waals surface area contributed by atoms with Gasteiger partial charge in [0.1, 0.15) is 6.29 Å². The van der Waals surface area contributed by atoms with Gasteiger partial charge in [0.2, 0.25) is 0 Å². The summed E-state index contributed by atoms with van der Waals surface area (Å²) in [7, 11) is 0. The van der Waals surface area contributed by atoms with Crippen molar-refractivity contribution in [2.45, 2.75) is 17.7 Å². The summed E-state index contributed by atoms with van der Waals surface area (Å²) in [4.78, 5) is 21.7. The molecule has 0 amide bonds. The van der Waals surface area contributed by atoms with Crippen LogP contribution in [0.2, 0.25) is 0 Å². The SMILES string of the molecule is O=CCCCOC(=O)c1ccc(S(=O)O)cc1. The molecule has 0 saturated carbocycles. The van der Waals surface area contributed by atoms with Crippen molar-refractivity contribution < 1.29 is 23.1 Å². The van der Waals surface area contributed by atoms with Crippen molar-refractivity contribution in [1.29, 1.82) is 0 Å². The van der Waals surface area contributed by atoms with E-state index in [1.54, 1.807) is 0 Å². The van der Waals surface area contributed by atoms with Crippen LogP contribution in [-0.2, 0) is 20.6 Å². The Bertz CT molecular complexity index is 412. The average Bonchev–Trinajstić information content (AvgIpc) is 2.34. The molecule has 92 valence electrons. The number of unbranched alkanes of at least 4 members (excludes halogenated alkanes) is 1. The molecule has 0 aromatic heterocycles. The van der Waals surface area contributed by atoms with Gasteiger partial charge in [-0.25, -0.2) is 9.00 Å². The average molecular weight is 256 g/mol. The van der Waals surface area contributed by atoms with Crippen LogP contribution in [0.15, 0.2) is 29.2 Å². The quantitative estimate of drug-likeness (QED) is 0.360. The Balaban J connectivity index is 2.51. The van der Waals surface area contributed by atoms with Crippen LogP contribution in [0, 0.1) is 0 Å². The van der Waals surface area contributed by atoms with Gasteiger partial charge in [0.05, 0.1) is 17.1 Å². The van der Waals surface area contributed by atoms with E-state index in [0.29, 0.717) is 18.4 Å². The van der Waals surface area contributed by atoms with Crippen LogP contribution in [0.25, 0.3) is 0 Å². The summed E-state index contributed by atoms with van der Waals surface area (Å²) < 4.78 is 24.4. The van der Waals surface area contributed by atoms with Gasteiger partial charge in [-0.05, 0) is 30.7 Å². The van der Waals surface area contributed by atoms with Gasteiger partial charge < -0.3 is 14.1 Å². The highest BCUT2D eigenvalue weighted by molar-refractivity contribution is 7.79. The van der Waals surface area contributed by atoms with Crippen LogP contribution in [0.3, 0.4) is 0 Å². The van der Waals surface area contributed by atoms with Crippen molar-refractivity contribution >= 4 is 23.3 Å². The zero-order valence-electron chi connectivity index (χ0n) is 9.00. The van der Waals surface area contributed by atoms with E-state index in [0.717, 1.165) is 6.29 Å². The van der Waals surface area contributed by atoms with Crippen LogP contribution in [-0.4, -0.2) is 27.6 Å². The van der Waals surface area contributed by atoms with Crippen molar-refractivity contribution in [3.8, 4) is 0 Å². The fourth-order valence-corrected chi connectivity index (χ4v) is 1.49. The van der Waals surface area contributed by atoms with Crippen molar-refractivity contribution in [2.75, 3.05) is 6.61 Å². The summed E-state index contributed by atoms with van der Waals surface area (Å²) in [5.41, 5.74) is 0.310. The largest absolute Gasteiger partial charge is 0.462 e. The molecule has 0 saturated heterocycles. The lowest BCUT2D eigenvalue weighted by molar-refractivity contribution is -0.108. The minimum Gasteiger partial charge on any atom is -0.462 e. The first-order valence-corrected chi connectivity index (χ1v) is 6.07. The molecule has 17 heavy (non-hydrogen) atoms. The number of hydrogen-bond acceptors (Lipinski definition) is 4. The summed E-state index contributed by atoms with van der Waals surface area (Å²) in [6, 6.07) is 5.62. The van der Waals surface area contributed by atoms with Crippen LogP contribution in [0.5, 0.6) is 0 Å². The molecule has 0 aliphatic carbocycles. The van der Waals surface area contributed by atoms with Crippen molar-refractivity contribution in [1.82, 2.24) is 0 Å². The molecule has 6 heteroatoms. The molecule has 5 nitrogen and oxygen atoms in total. The maximum Gasteiger partial charge on any atom is 0.338 e. The predicted octanol–water partition coefficient (Wildman–Crippen LogP) is 1.40. The van der Waals surface area contributed by atoms with E-state index in [1.807, 2.05) is 0 Å². The highest BCUT2D eigenvalue weighted by Crippen LogP contribution is 2.08. The molecule has 1 N–H and O–H groups in total.